The lowest BCUT2D eigenvalue weighted by Crippen LogP contribution is -2.24. The minimum Gasteiger partial charge on any atom is -0.462 e. The highest BCUT2D eigenvalue weighted by molar-refractivity contribution is 5.87. The number of hydrogen-bond acceptors (Lipinski definition) is 6. The van der Waals surface area contributed by atoms with E-state index in [2.05, 4.69) is 4.98 Å². The Morgan fingerprint density at radius 1 is 1.24 bits per heavy atom. The van der Waals surface area contributed by atoms with Crippen LogP contribution in [-0.2, 0) is 16.1 Å². The summed E-state index contributed by atoms with van der Waals surface area (Å²) in [4.78, 5) is 39.1. The number of nitro benzene ring substituents is 1. The van der Waals surface area contributed by atoms with Crippen LogP contribution < -0.4 is 5.56 Å². The van der Waals surface area contributed by atoms with Crippen LogP contribution in [0.5, 0.6) is 0 Å². The van der Waals surface area contributed by atoms with Gasteiger partial charge in [0.25, 0.3) is 11.2 Å². The van der Waals surface area contributed by atoms with Gasteiger partial charge in [0, 0.05) is 24.8 Å². The molecule has 0 radical (unpaired) electrons. The quantitative estimate of drug-likeness (QED) is 0.201. The molecule has 0 spiro atoms. The lowest BCUT2D eigenvalue weighted by Gasteiger charge is -2.10. The molecule has 29 heavy (non-hydrogen) atoms. The number of carbonyl (C=O) groups excluding carboxylic acids is 1. The topological polar surface area (TPSA) is 104 Å². The predicted octanol–water partition coefficient (Wildman–Crippen LogP) is 3.26. The first-order valence-electron chi connectivity index (χ1n) is 9.01. The van der Waals surface area contributed by atoms with Crippen molar-refractivity contribution in [2.45, 2.75) is 19.9 Å². The molecule has 0 saturated heterocycles. The van der Waals surface area contributed by atoms with Crippen molar-refractivity contribution < 1.29 is 14.5 Å². The predicted molar refractivity (Wildman–Crippen MR) is 108 cm³/mol. The molecule has 0 atom stereocenters. The minimum absolute atomic E-state index is 0.0506. The number of non-ortho nitro benzene ring substituents is 1. The molecule has 0 aliphatic carbocycles. The van der Waals surface area contributed by atoms with Crippen LogP contribution in [0.25, 0.3) is 17.0 Å². The summed E-state index contributed by atoms with van der Waals surface area (Å²) in [5, 5.41) is 11.3. The molecule has 1 heterocycles. The van der Waals surface area contributed by atoms with Crippen LogP contribution in [0.1, 0.15) is 17.8 Å². The van der Waals surface area contributed by atoms with Crippen LogP contribution in [0.2, 0.25) is 0 Å². The van der Waals surface area contributed by atoms with Crippen molar-refractivity contribution in [2.24, 2.45) is 0 Å². The Hall–Kier alpha value is -3.81. The zero-order valence-electron chi connectivity index (χ0n) is 15.8. The fourth-order valence-corrected chi connectivity index (χ4v) is 2.89. The highest BCUT2D eigenvalue weighted by Crippen LogP contribution is 2.14. The molecule has 0 fully saturated rings. The second-order valence-electron chi connectivity index (χ2n) is 6.34. The summed E-state index contributed by atoms with van der Waals surface area (Å²) in [6.45, 7) is 2.28. The lowest BCUT2D eigenvalue weighted by molar-refractivity contribution is -0.384. The maximum Gasteiger partial charge on any atom is 0.330 e. The van der Waals surface area contributed by atoms with Gasteiger partial charge in [0.15, 0.2) is 0 Å². The van der Waals surface area contributed by atoms with Gasteiger partial charge in [-0.2, -0.15) is 0 Å². The van der Waals surface area contributed by atoms with Gasteiger partial charge in [-0.15, -0.1) is 0 Å². The van der Waals surface area contributed by atoms with Gasteiger partial charge >= 0.3 is 5.97 Å². The number of benzene rings is 2. The Morgan fingerprint density at radius 3 is 2.83 bits per heavy atom. The standard InChI is InChI=1S/C21H19N3O5/c1-15-22-19-9-3-2-8-18(19)21(26)23(15)12-5-13-29-20(25)11-10-16-6-4-7-17(14-16)24(27)28/h2-4,6-11,14H,5,12-13H2,1H3/b11-10+. The van der Waals surface area contributed by atoms with Gasteiger partial charge in [0.1, 0.15) is 5.82 Å². The van der Waals surface area contributed by atoms with Gasteiger partial charge in [-0.25, -0.2) is 9.78 Å². The molecule has 0 saturated carbocycles. The van der Waals surface area contributed by atoms with Crippen molar-refractivity contribution in [1.29, 1.82) is 0 Å². The Kier molecular flexibility index (Phi) is 6.13. The number of nitro groups is 1. The van der Waals surface area contributed by atoms with E-state index in [1.54, 1.807) is 41.8 Å². The molecule has 1 aromatic heterocycles. The van der Waals surface area contributed by atoms with Crippen LogP contribution >= 0.6 is 0 Å². The molecule has 0 aliphatic heterocycles. The third kappa shape index (κ3) is 4.92. The molecule has 0 unspecified atom stereocenters. The number of aryl methyl sites for hydroxylation is 1. The molecular formula is C21H19N3O5. The molecule has 0 bridgehead atoms. The Morgan fingerprint density at radius 2 is 2.03 bits per heavy atom. The molecule has 0 N–H and O–H groups in total. The van der Waals surface area contributed by atoms with Crippen LogP contribution in [0.3, 0.4) is 0 Å². The van der Waals surface area contributed by atoms with E-state index in [0.29, 0.717) is 35.3 Å². The third-order valence-corrected chi connectivity index (χ3v) is 4.32. The minimum atomic E-state index is -0.558. The Balaban J connectivity index is 1.55. The number of hydrogen-bond donors (Lipinski definition) is 0. The number of esters is 1. The lowest BCUT2D eigenvalue weighted by atomic mass is 10.2. The number of para-hydroxylation sites is 1. The van der Waals surface area contributed by atoms with Gasteiger partial charge in [-0.3, -0.25) is 19.5 Å². The first-order valence-corrected chi connectivity index (χ1v) is 9.01. The van der Waals surface area contributed by atoms with Crippen molar-refractivity contribution in [3.05, 3.63) is 86.5 Å². The van der Waals surface area contributed by atoms with E-state index < -0.39 is 10.9 Å². The summed E-state index contributed by atoms with van der Waals surface area (Å²) >= 11 is 0. The average molecular weight is 393 g/mol. The van der Waals surface area contributed by atoms with Crippen molar-refractivity contribution in [3.8, 4) is 0 Å². The summed E-state index contributed by atoms with van der Waals surface area (Å²) in [6, 6.07) is 13.1. The van der Waals surface area contributed by atoms with E-state index in [1.807, 2.05) is 6.07 Å². The number of nitrogens with zero attached hydrogens (tertiary/aromatic N) is 3. The smallest absolute Gasteiger partial charge is 0.330 e. The van der Waals surface area contributed by atoms with Crippen LogP contribution in [-0.4, -0.2) is 27.1 Å². The summed E-state index contributed by atoms with van der Waals surface area (Å²) in [6.07, 6.45) is 3.13. The molecular weight excluding hydrogens is 374 g/mol. The zero-order valence-corrected chi connectivity index (χ0v) is 15.8. The van der Waals surface area contributed by atoms with E-state index in [9.17, 15) is 19.7 Å². The maximum absolute atomic E-state index is 12.6. The molecule has 0 aliphatic rings. The summed E-state index contributed by atoms with van der Waals surface area (Å²) in [7, 11) is 0. The Bertz CT molecular complexity index is 1150. The van der Waals surface area contributed by atoms with Gasteiger partial charge < -0.3 is 4.74 Å². The summed E-state index contributed by atoms with van der Waals surface area (Å²) in [5.41, 5.74) is 1.01. The largest absolute Gasteiger partial charge is 0.462 e. The number of aromatic nitrogens is 2. The average Bonchev–Trinajstić information content (AvgIpc) is 2.71. The normalized spacial score (nSPS) is 11.1. The van der Waals surface area contributed by atoms with Gasteiger partial charge in [0.05, 0.1) is 22.4 Å². The summed E-state index contributed by atoms with van der Waals surface area (Å²) in [5.74, 6) is 0.0443. The Labute approximate surface area is 166 Å². The van der Waals surface area contributed by atoms with Crippen molar-refractivity contribution in [2.75, 3.05) is 6.61 Å². The van der Waals surface area contributed by atoms with Crippen LogP contribution in [0, 0.1) is 17.0 Å². The van der Waals surface area contributed by atoms with E-state index >= 15 is 0 Å². The first kappa shape index (κ1) is 19.9. The van der Waals surface area contributed by atoms with Crippen molar-refractivity contribution >= 4 is 28.6 Å². The molecule has 148 valence electrons. The fourth-order valence-electron chi connectivity index (χ4n) is 2.89. The van der Waals surface area contributed by atoms with Crippen LogP contribution in [0.15, 0.2) is 59.4 Å². The second kappa shape index (κ2) is 8.92. The highest BCUT2D eigenvalue weighted by atomic mass is 16.6. The monoisotopic (exact) mass is 393 g/mol. The number of rotatable bonds is 7. The first-order chi connectivity index (χ1) is 14.0. The van der Waals surface area contributed by atoms with Crippen molar-refractivity contribution in [3.63, 3.8) is 0 Å². The number of fused-ring (bicyclic) bond motifs is 1. The fraction of sp³-hybridized carbons (Fsp3) is 0.190. The molecule has 3 aromatic rings. The third-order valence-electron chi connectivity index (χ3n) is 4.32. The van der Waals surface area contributed by atoms with Gasteiger partial charge in [0.2, 0.25) is 0 Å². The summed E-state index contributed by atoms with van der Waals surface area (Å²) < 4.78 is 6.70. The van der Waals surface area contributed by atoms with Crippen LogP contribution in [0.4, 0.5) is 5.69 Å². The number of carbonyl (C=O) groups is 1. The van der Waals surface area contributed by atoms with Gasteiger partial charge in [-0.05, 0) is 37.1 Å². The van der Waals surface area contributed by atoms with E-state index in [0.717, 1.165) is 0 Å². The van der Waals surface area contributed by atoms with E-state index in [4.69, 9.17) is 4.74 Å². The second-order valence-corrected chi connectivity index (χ2v) is 6.34. The van der Waals surface area contributed by atoms with E-state index in [-0.39, 0.29) is 17.9 Å². The van der Waals surface area contributed by atoms with Gasteiger partial charge in [-0.1, -0.05) is 24.3 Å². The molecule has 3 rings (SSSR count). The molecule has 2 aromatic carbocycles. The highest BCUT2D eigenvalue weighted by Gasteiger charge is 2.08. The van der Waals surface area contributed by atoms with Crippen molar-refractivity contribution in [1.82, 2.24) is 9.55 Å². The number of ether oxygens (including phenoxy) is 1. The SMILES string of the molecule is Cc1nc2ccccc2c(=O)n1CCCOC(=O)/C=C/c1cccc([N+](=O)[O-])c1. The molecule has 8 nitrogen and oxygen atoms in total. The zero-order chi connectivity index (χ0) is 20.8. The van der Waals surface area contributed by atoms with E-state index in [1.165, 1.54) is 24.3 Å². The maximum atomic E-state index is 12.6. The molecule has 0 amide bonds. The molecule has 8 heteroatoms.